The van der Waals surface area contributed by atoms with Gasteiger partial charge in [0.15, 0.2) is 15.0 Å². The highest BCUT2D eigenvalue weighted by Gasteiger charge is 2.50. The van der Waals surface area contributed by atoms with E-state index in [1.54, 1.807) is 7.11 Å². The predicted molar refractivity (Wildman–Crippen MR) is 101 cm³/mol. The molecule has 0 saturated carbocycles. The van der Waals surface area contributed by atoms with Crippen LogP contribution in [-0.2, 0) is 14.6 Å². The Hall–Kier alpha value is -1.54. The van der Waals surface area contributed by atoms with E-state index in [2.05, 4.69) is 4.99 Å². The van der Waals surface area contributed by atoms with Gasteiger partial charge in [0.2, 0.25) is 0 Å². The van der Waals surface area contributed by atoms with Gasteiger partial charge in [-0.05, 0) is 12.1 Å². The van der Waals surface area contributed by atoms with Crippen molar-refractivity contribution in [2.75, 3.05) is 23.5 Å². The molecule has 6 nitrogen and oxygen atoms in total. The second-order valence-electron chi connectivity index (χ2n) is 7.29. The van der Waals surface area contributed by atoms with Crippen molar-refractivity contribution < 1.29 is 17.9 Å². The minimum Gasteiger partial charge on any atom is -0.495 e. The molecule has 2 aliphatic heterocycles. The van der Waals surface area contributed by atoms with Crippen LogP contribution in [0.15, 0.2) is 29.3 Å². The van der Waals surface area contributed by atoms with Crippen LogP contribution in [0, 0.1) is 5.41 Å². The van der Waals surface area contributed by atoms with Gasteiger partial charge in [0.1, 0.15) is 5.75 Å². The number of amides is 1. The fraction of sp³-hybridized carbons (Fsp3) is 0.529. The lowest BCUT2D eigenvalue weighted by Gasteiger charge is -2.26. The van der Waals surface area contributed by atoms with Crippen molar-refractivity contribution in [3.05, 3.63) is 24.3 Å². The van der Waals surface area contributed by atoms with Crippen LogP contribution in [0.4, 0.5) is 5.69 Å². The number of anilines is 1. The van der Waals surface area contributed by atoms with Gasteiger partial charge in [-0.25, -0.2) is 8.42 Å². The van der Waals surface area contributed by atoms with Crippen molar-refractivity contribution >= 4 is 38.4 Å². The Morgan fingerprint density at radius 2 is 1.96 bits per heavy atom. The molecule has 3 rings (SSSR count). The van der Waals surface area contributed by atoms with E-state index in [9.17, 15) is 13.2 Å². The average Bonchev–Trinajstić information content (AvgIpc) is 2.97. The Labute approximate surface area is 152 Å². The first kappa shape index (κ1) is 18.3. The Morgan fingerprint density at radius 3 is 2.60 bits per heavy atom. The van der Waals surface area contributed by atoms with E-state index >= 15 is 0 Å². The molecule has 0 aromatic heterocycles. The first-order valence-electron chi connectivity index (χ1n) is 8.05. The third-order valence-electron chi connectivity index (χ3n) is 4.25. The zero-order chi connectivity index (χ0) is 18.4. The number of rotatable bonds is 2. The normalized spacial score (nSPS) is 26.7. The monoisotopic (exact) mass is 382 g/mol. The summed E-state index contributed by atoms with van der Waals surface area (Å²) in [4.78, 5) is 18.6. The van der Waals surface area contributed by atoms with Gasteiger partial charge in [-0.15, -0.1) is 0 Å². The van der Waals surface area contributed by atoms with Gasteiger partial charge in [0.05, 0.1) is 30.3 Å². The zero-order valence-electron chi connectivity index (χ0n) is 14.7. The molecule has 0 aliphatic carbocycles. The van der Waals surface area contributed by atoms with Crippen molar-refractivity contribution in [2.24, 2.45) is 10.4 Å². The summed E-state index contributed by atoms with van der Waals surface area (Å²) in [6.07, 6.45) is 0. The highest BCUT2D eigenvalue weighted by Crippen LogP contribution is 2.44. The van der Waals surface area contributed by atoms with Gasteiger partial charge in [-0.3, -0.25) is 4.79 Å². The summed E-state index contributed by atoms with van der Waals surface area (Å²) in [5, 5.41) is 0.427. The largest absolute Gasteiger partial charge is 0.495 e. The van der Waals surface area contributed by atoms with Crippen molar-refractivity contribution in [1.29, 1.82) is 0 Å². The van der Waals surface area contributed by atoms with E-state index in [-0.39, 0.29) is 28.7 Å². The van der Waals surface area contributed by atoms with Gasteiger partial charge < -0.3 is 9.64 Å². The van der Waals surface area contributed by atoms with Crippen molar-refractivity contribution in [3.8, 4) is 5.75 Å². The lowest BCUT2D eigenvalue weighted by atomic mass is 9.96. The molecule has 1 aromatic rings. The number of thioether (sulfide) groups is 1. The molecule has 2 saturated heterocycles. The van der Waals surface area contributed by atoms with Crippen LogP contribution in [0.25, 0.3) is 0 Å². The molecule has 0 bridgehead atoms. The first-order chi connectivity index (χ1) is 11.6. The molecule has 2 atom stereocenters. The summed E-state index contributed by atoms with van der Waals surface area (Å²) >= 11 is 1.37. The topological polar surface area (TPSA) is 76.0 Å². The minimum atomic E-state index is -3.09. The van der Waals surface area contributed by atoms with E-state index in [0.717, 1.165) is 5.69 Å². The second-order valence-corrected chi connectivity index (χ2v) is 10.7. The molecule has 0 spiro atoms. The quantitative estimate of drug-likeness (QED) is 0.781. The molecule has 0 unspecified atom stereocenters. The van der Waals surface area contributed by atoms with E-state index in [4.69, 9.17) is 4.74 Å². The lowest BCUT2D eigenvalue weighted by Crippen LogP contribution is -2.38. The number of aliphatic imine (C=N–C) groups is 1. The molecule has 1 aromatic carbocycles. The van der Waals surface area contributed by atoms with Crippen LogP contribution in [0.2, 0.25) is 0 Å². The van der Waals surface area contributed by atoms with Gasteiger partial charge >= 0.3 is 0 Å². The van der Waals surface area contributed by atoms with Crippen LogP contribution in [0.1, 0.15) is 20.8 Å². The van der Waals surface area contributed by atoms with Gasteiger partial charge in [0.25, 0.3) is 5.91 Å². The van der Waals surface area contributed by atoms with Gasteiger partial charge in [-0.2, -0.15) is 4.99 Å². The van der Waals surface area contributed by atoms with Crippen LogP contribution in [-0.4, -0.2) is 49.4 Å². The number of hydrogen-bond acceptors (Lipinski definition) is 5. The van der Waals surface area contributed by atoms with E-state index in [1.165, 1.54) is 11.8 Å². The molecule has 25 heavy (non-hydrogen) atoms. The summed E-state index contributed by atoms with van der Waals surface area (Å²) in [6.45, 7) is 5.45. The zero-order valence-corrected chi connectivity index (χ0v) is 16.4. The summed E-state index contributed by atoms with van der Waals surface area (Å²) in [7, 11) is -1.52. The average molecular weight is 383 g/mol. The number of carbonyl (C=O) groups excluding carboxylic acids is 1. The van der Waals surface area contributed by atoms with E-state index in [1.807, 2.05) is 49.9 Å². The van der Waals surface area contributed by atoms with Crippen LogP contribution >= 0.6 is 11.8 Å². The maximum absolute atomic E-state index is 12.4. The Kier molecular flexibility index (Phi) is 4.61. The molecule has 8 heteroatoms. The molecule has 2 fully saturated rings. The molecule has 1 amide bonds. The number of hydrogen-bond donors (Lipinski definition) is 0. The number of nitrogens with zero attached hydrogens (tertiary/aromatic N) is 2. The molecular formula is C17H22N2O4S2. The molecule has 2 aliphatic rings. The third kappa shape index (κ3) is 3.55. The van der Waals surface area contributed by atoms with Crippen LogP contribution in [0.3, 0.4) is 0 Å². The highest BCUT2D eigenvalue weighted by molar-refractivity contribution is 8.16. The van der Waals surface area contributed by atoms with Crippen LogP contribution in [0.5, 0.6) is 5.75 Å². The maximum Gasteiger partial charge on any atom is 0.253 e. The van der Waals surface area contributed by atoms with Crippen LogP contribution < -0.4 is 9.64 Å². The molecular weight excluding hydrogens is 360 g/mol. The fourth-order valence-corrected chi connectivity index (χ4v) is 6.83. The number of methoxy groups -OCH3 is 1. The molecule has 2 heterocycles. The number of benzene rings is 1. The van der Waals surface area contributed by atoms with Crippen molar-refractivity contribution in [2.45, 2.75) is 32.1 Å². The number of amidine groups is 1. The summed E-state index contributed by atoms with van der Waals surface area (Å²) < 4.78 is 29.6. The van der Waals surface area contributed by atoms with E-state index in [0.29, 0.717) is 10.9 Å². The molecule has 136 valence electrons. The van der Waals surface area contributed by atoms with Crippen molar-refractivity contribution in [3.63, 3.8) is 0 Å². The molecule has 0 radical (unpaired) electrons. The standard InChI is InChI=1S/C17H22N2O4S2/c1-17(2,3)15(20)18-16-19(11-7-5-6-8-13(11)23-4)12-9-25(21,22)10-14(12)24-16/h5-8,12,14H,9-10H2,1-4H3/t12-,14-/m1/s1. The van der Waals surface area contributed by atoms with Gasteiger partial charge in [0, 0.05) is 10.7 Å². The Bertz CT molecular complexity index is 827. The number of sulfone groups is 1. The number of para-hydroxylation sites is 2. The third-order valence-corrected chi connectivity index (χ3v) is 7.46. The van der Waals surface area contributed by atoms with Gasteiger partial charge in [-0.1, -0.05) is 44.7 Å². The van der Waals surface area contributed by atoms with Crippen molar-refractivity contribution in [1.82, 2.24) is 0 Å². The predicted octanol–water partition coefficient (Wildman–Crippen LogP) is 2.34. The Balaban J connectivity index is 2.07. The Morgan fingerprint density at radius 1 is 1.28 bits per heavy atom. The smallest absolute Gasteiger partial charge is 0.253 e. The highest BCUT2D eigenvalue weighted by atomic mass is 32.2. The SMILES string of the molecule is COc1ccccc1N1C(=NC(=O)C(C)(C)C)S[C@@H]2CS(=O)(=O)C[C@H]21. The maximum atomic E-state index is 12.4. The van der Waals surface area contributed by atoms with E-state index < -0.39 is 15.3 Å². The number of ether oxygens (including phenoxy) is 1. The number of carbonyl (C=O) groups is 1. The first-order valence-corrected chi connectivity index (χ1v) is 10.7. The summed E-state index contributed by atoms with van der Waals surface area (Å²) in [5.41, 5.74) is 0.145. The minimum absolute atomic E-state index is 0.0610. The second kappa shape index (κ2) is 6.32. The lowest BCUT2D eigenvalue weighted by molar-refractivity contribution is -0.124. The fourth-order valence-electron chi connectivity index (χ4n) is 2.93. The number of fused-ring (bicyclic) bond motifs is 1. The molecule has 0 N–H and O–H groups in total. The summed E-state index contributed by atoms with van der Waals surface area (Å²) in [6, 6.07) is 7.16. The summed E-state index contributed by atoms with van der Waals surface area (Å²) in [5.74, 6) is 0.573.